The van der Waals surface area contributed by atoms with E-state index in [4.69, 9.17) is 0 Å². The van der Waals surface area contributed by atoms with Crippen LogP contribution in [0.2, 0.25) is 0 Å². The van der Waals surface area contributed by atoms with Gasteiger partial charge in [-0.1, -0.05) is 6.07 Å². The van der Waals surface area contributed by atoms with Gasteiger partial charge < -0.3 is 15.5 Å². The summed E-state index contributed by atoms with van der Waals surface area (Å²) in [7, 11) is 3.84. The molecule has 1 amide bonds. The van der Waals surface area contributed by atoms with Gasteiger partial charge in [-0.15, -0.1) is 0 Å². The van der Waals surface area contributed by atoms with Crippen LogP contribution in [0.15, 0.2) is 24.3 Å². The van der Waals surface area contributed by atoms with E-state index in [9.17, 15) is 4.79 Å². The van der Waals surface area contributed by atoms with E-state index in [1.54, 1.807) is 7.05 Å². The van der Waals surface area contributed by atoms with E-state index in [0.717, 1.165) is 5.69 Å². The van der Waals surface area contributed by atoms with E-state index < -0.39 is 0 Å². The molecule has 1 aliphatic heterocycles. The van der Waals surface area contributed by atoms with E-state index in [1.807, 2.05) is 24.3 Å². The summed E-state index contributed by atoms with van der Waals surface area (Å²) in [5, 5.41) is 6.21. The molecule has 0 bridgehead atoms. The molecule has 2 rings (SSSR count). The Morgan fingerprint density at radius 1 is 1.35 bits per heavy atom. The van der Waals surface area contributed by atoms with Crippen molar-refractivity contribution in [1.82, 2.24) is 10.2 Å². The molecule has 1 saturated heterocycles. The second-order valence-corrected chi connectivity index (χ2v) is 5.73. The summed E-state index contributed by atoms with van der Waals surface area (Å²) in [6.07, 6.45) is 2.47. The van der Waals surface area contributed by atoms with E-state index in [-0.39, 0.29) is 5.91 Å². The Morgan fingerprint density at radius 3 is 2.70 bits per heavy atom. The summed E-state index contributed by atoms with van der Waals surface area (Å²) >= 11 is 0. The van der Waals surface area contributed by atoms with Crippen molar-refractivity contribution >= 4 is 11.6 Å². The monoisotopic (exact) mass is 275 g/mol. The first kappa shape index (κ1) is 14.9. The average molecular weight is 275 g/mol. The number of amides is 1. The van der Waals surface area contributed by atoms with Gasteiger partial charge >= 0.3 is 0 Å². The fourth-order valence-electron chi connectivity index (χ4n) is 2.80. The lowest BCUT2D eigenvalue weighted by Crippen LogP contribution is -2.37. The quantitative estimate of drug-likeness (QED) is 0.885. The van der Waals surface area contributed by atoms with Gasteiger partial charge in [0, 0.05) is 24.3 Å². The summed E-state index contributed by atoms with van der Waals surface area (Å²) in [5.74, 6) is 0.662. The van der Waals surface area contributed by atoms with Gasteiger partial charge in [0.15, 0.2) is 0 Å². The molecule has 1 fully saturated rings. The van der Waals surface area contributed by atoms with E-state index in [2.05, 4.69) is 29.5 Å². The Labute approximate surface area is 121 Å². The molecule has 1 heterocycles. The van der Waals surface area contributed by atoms with Gasteiger partial charge in [0.1, 0.15) is 0 Å². The molecule has 0 saturated carbocycles. The molecule has 110 valence electrons. The van der Waals surface area contributed by atoms with Crippen molar-refractivity contribution in [2.24, 2.45) is 5.92 Å². The molecule has 0 spiro atoms. The maximum Gasteiger partial charge on any atom is 0.251 e. The van der Waals surface area contributed by atoms with E-state index in [0.29, 0.717) is 17.5 Å². The highest BCUT2D eigenvalue weighted by molar-refractivity contribution is 5.94. The number of anilines is 1. The first-order valence-corrected chi connectivity index (χ1v) is 7.37. The molecule has 0 radical (unpaired) electrons. The van der Waals surface area contributed by atoms with Crippen LogP contribution in [0.5, 0.6) is 0 Å². The first-order valence-electron chi connectivity index (χ1n) is 7.37. The molecule has 1 atom stereocenters. The number of hydrogen-bond acceptors (Lipinski definition) is 3. The predicted octanol–water partition coefficient (Wildman–Crippen LogP) is 2.19. The standard InChI is InChI=1S/C16H25N3O/c1-12(13-7-9-19(3)10-8-13)18-15-6-4-5-14(11-15)16(20)17-2/h4-6,11-13,18H,7-10H2,1-3H3,(H,17,20). The highest BCUT2D eigenvalue weighted by Crippen LogP contribution is 2.23. The number of likely N-dealkylation sites (tertiary alicyclic amines) is 1. The molecule has 1 aliphatic rings. The molecule has 0 aromatic heterocycles. The minimum atomic E-state index is -0.0411. The van der Waals surface area contributed by atoms with Crippen molar-refractivity contribution in [2.45, 2.75) is 25.8 Å². The molecule has 1 aromatic carbocycles. The Kier molecular flexibility index (Phi) is 5.01. The summed E-state index contributed by atoms with van der Waals surface area (Å²) < 4.78 is 0. The summed E-state index contributed by atoms with van der Waals surface area (Å²) in [5.41, 5.74) is 1.73. The van der Waals surface area contributed by atoms with Crippen LogP contribution in [-0.4, -0.2) is 44.0 Å². The average Bonchev–Trinajstić information content (AvgIpc) is 2.47. The molecular formula is C16H25N3O. The van der Waals surface area contributed by atoms with Crippen molar-refractivity contribution in [3.05, 3.63) is 29.8 Å². The zero-order valence-corrected chi connectivity index (χ0v) is 12.6. The van der Waals surface area contributed by atoms with Crippen molar-refractivity contribution in [3.63, 3.8) is 0 Å². The highest BCUT2D eigenvalue weighted by atomic mass is 16.1. The van der Waals surface area contributed by atoms with Gasteiger partial charge in [0.05, 0.1) is 0 Å². The Bertz CT molecular complexity index is 453. The number of carbonyl (C=O) groups excluding carboxylic acids is 1. The number of benzene rings is 1. The van der Waals surface area contributed by atoms with Gasteiger partial charge in [-0.05, 0) is 64.0 Å². The number of nitrogens with one attached hydrogen (secondary N) is 2. The number of rotatable bonds is 4. The maximum atomic E-state index is 11.6. The van der Waals surface area contributed by atoms with Crippen LogP contribution in [0.4, 0.5) is 5.69 Å². The molecule has 20 heavy (non-hydrogen) atoms. The van der Waals surface area contributed by atoms with Crippen LogP contribution in [-0.2, 0) is 0 Å². The van der Waals surface area contributed by atoms with Crippen LogP contribution < -0.4 is 10.6 Å². The number of carbonyl (C=O) groups is 1. The SMILES string of the molecule is CNC(=O)c1cccc(NC(C)C2CCN(C)CC2)c1. The second kappa shape index (κ2) is 6.75. The van der Waals surface area contributed by atoms with E-state index >= 15 is 0 Å². The maximum absolute atomic E-state index is 11.6. The Morgan fingerprint density at radius 2 is 2.05 bits per heavy atom. The normalized spacial score (nSPS) is 18.6. The predicted molar refractivity (Wildman–Crippen MR) is 83.1 cm³/mol. The lowest BCUT2D eigenvalue weighted by molar-refractivity contribution is 0.0963. The first-order chi connectivity index (χ1) is 9.60. The van der Waals surface area contributed by atoms with Crippen LogP contribution in [0.25, 0.3) is 0 Å². The highest BCUT2D eigenvalue weighted by Gasteiger charge is 2.22. The minimum absolute atomic E-state index is 0.0411. The Balaban J connectivity index is 1.97. The van der Waals surface area contributed by atoms with Crippen LogP contribution >= 0.6 is 0 Å². The third-order valence-electron chi connectivity index (χ3n) is 4.22. The van der Waals surface area contributed by atoms with Gasteiger partial charge in [-0.2, -0.15) is 0 Å². The van der Waals surface area contributed by atoms with Crippen LogP contribution in [0, 0.1) is 5.92 Å². The molecule has 4 nitrogen and oxygen atoms in total. The molecule has 1 unspecified atom stereocenters. The topological polar surface area (TPSA) is 44.4 Å². The zero-order valence-electron chi connectivity index (χ0n) is 12.6. The van der Waals surface area contributed by atoms with Crippen molar-refractivity contribution in [3.8, 4) is 0 Å². The largest absolute Gasteiger partial charge is 0.382 e. The smallest absolute Gasteiger partial charge is 0.251 e. The van der Waals surface area contributed by atoms with E-state index in [1.165, 1.54) is 25.9 Å². The molecule has 2 N–H and O–H groups in total. The van der Waals surface area contributed by atoms with Gasteiger partial charge in [0.2, 0.25) is 0 Å². The van der Waals surface area contributed by atoms with Crippen molar-refractivity contribution < 1.29 is 4.79 Å². The lowest BCUT2D eigenvalue weighted by Gasteiger charge is -2.33. The summed E-state index contributed by atoms with van der Waals surface area (Å²) in [6, 6.07) is 8.14. The van der Waals surface area contributed by atoms with Gasteiger partial charge in [-0.25, -0.2) is 0 Å². The number of piperidine rings is 1. The molecule has 4 heteroatoms. The molecular weight excluding hydrogens is 250 g/mol. The third-order valence-corrected chi connectivity index (χ3v) is 4.22. The minimum Gasteiger partial charge on any atom is -0.382 e. The molecule has 1 aromatic rings. The van der Waals surface area contributed by atoms with Crippen LogP contribution in [0.3, 0.4) is 0 Å². The lowest BCUT2D eigenvalue weighted by atomic mass is 9.90. The number of nitrogens with zero attached hydrogens (tertiary/aromatic N) is 1. The molecule has 0 aliphatic carbocycles. The Hall–Kier alpha value is -1.55. The number of hydrogen-bond donors (Lipinski definition) is 2. The van der Waals surface area contributed by atoms with Gasteiger partial charge in [-0.3, -0.25) is 4.79 Å². The third kappa shape index (κ3) is 3.73. The second-order valence-electron chi connectivity index (χ2n) is 5.73. The van der Waals surface area contributed by atoms with Gasteiger partial charge in [0.25, 0.3) is 5.91 Å². The van der Waals surface area contributed by atoms with Crippen molar-refractivity contribution in [1.29, 1.82) is 0 Å². The summed E-state index contributed by atoms with van der Waals surface area (Å²) in [4.78, 5) is 14.0. The van der Waals surface area contributed by atoms with Crippen LogP contribution in [0.1, 0.15) is 30.1 Å². The van der Waals surface area contributed by atoms with Crippen molar-refractivity contribution in [2.75, 3.05) is 32.5 Å². The fraction of sp³-hybridized carbons (Fsp3) is 0.562. The summed E-state index contributed by atoms with van der Waals surface area (Å²) in [6.45, 7) is 4.59. The fourth-order valence-corrected chi connectivity index (χ4v) is 2.80. The zero-order chi connectivity index (χ0) is 14.5.